The Bertz CT molecular complexity index is 1060. The predicted molar refractivity (Wildman–Crippen MR) is 101 cm³/mol. The number of carbonyl (C=O) groups is 2. The number of carbonyl (C=O) groups excluding carboxylic acids is 1. The van der Waals surface area contributed by atoms with Crippen molar-refractivity contribution >= 4 is 28.4 Å². The van der Waals surface area contributed by atoms with Crippen molar-refractivity contribution in [1.82, 2.24) is 19.5 Å². The van der Waals surface area contributed by atoms with Gasteiger partial charge in [-0.2, -0.15) is 5.10 Å². The van der Waals surface area contributed by atoms with Crippen LogP contribution >= 0.6 is 0 Å². The third kappa shape index (κ3) is 2.93. The van der Waals surface area contributed by atoms with Crippen LogP contribution in [0.4, 0.5) is 0 Å². The summed E-state index contributed by atoms with van der Waals surface area (Å²) in [4.78, 5) is 30.1. The van der Waals surface area contributed by atoms with E-state index < -0.39 is 12.0 Å². The highest BCUT2D eigenvalue weighted by Gasteiger charge is 2.33. The van der Waals surface area contributed by atoms with E-state index in [0.717, 1.165) is 39.9 Å². The Morgan fingerprint density at radius 2 is 2.04 bits per heavy atom. The minimum absolute atomic E-state index is 0.107. The number of hydrogen-bond donors (Lipinski definition) is 1. The van der Waals surface area contributed by atoms with E-state index in [4.69, 9.17) is 4.98 Å². The van der Waals surface area contributed by atoms with Gasteiger partial charge in [-0.05, 0) is 50.8 Å². The number of rotatable bonds is 4. The molecular weight excluding hydrogens is 344 g/mol. The summed E-state index contributed by atoms with van der Waals surface area (Å²) in [7, 11) is 0. The van der Waals surface area contributed by atoms with E-state index in [-0.39, 0.29) is 12.3 Å². The summed E-state index contributed by atoms with van der Waals surface area (Å²) in [5.41, 5.74) is 4.56. The van der Waals surface area contributed by atoms with Crippen LogP contribution in [0.3, 0.4) is 0 Å². The lowest BCUT2D eigenvalue weighted by Gasteiger charge is -2.21. The number of carboxylic acids is 1. The number of benzene rings is 1. The molecule has 0 unspecified atom stereocenters. The molecule has 27 heavy (non-hydrogen) atoms. The van der Waals surface area contributed by atoms with Crippen LogP contribution in [0.1, 0.15) is 36.2 Å². The highest BCUT2D eigenvalue weighted by atomic mass is 16.4. The van der Waals surface area contributed by atoms with Gasteiger partial charge >= 0.3 is 5.97 Å². The number of nitrogens with zero attached hydrogens (tertiary/aromatic N) is 4. The van der Waals surface area contributed by atoms with E-state index in [2.05, 4.69) is 5.10 Å². The lowest BCUT2D eigenvalue weighted by atomic mass is 10.1. The van der Waals surface area contributed by atoms with Crippen LogP contribution in [0.2, 0.25) is 0 Å². The molecule has 1 atom stereocenters. The van der Waals surface area contributed by atoms with Crippen LogP contribution in [-0.2, 0) is 16.0 Å². The number of likely N-dealkylation sites (tertiary alicyclic amines) is 1. The van der Waals surface area contributed by atoms with Gasteiger partial charge in [-0.3, -0.25) is 4.79 Å². The second-order valence-corrected chi connectivity index (χ2v) is 7.10. The number of aryl methyl sites for hydroxylation is 2. The zero-order chi connectivity index (χ0) is 19.1. The van der Waals surface area contributed by atoms with Crippen LogP contribution < -0.4 is 0 Å². The van der Waals surface area contributed by atoms with Crippen molar-refractivity contribution in [2.24, 2.45) is 0 Å². The van der Waals surface area contributed by atoms with Gasteiger partial charge in [0.1, 0.15) is 6.04 Å². The summed E-state index contributed by atoms with van der Waals surface area (Å²) in [6.45, 7) is 4.46. The molecule has 1 amide bonds. The standard InChI is InChI=1S/C20H22N4O3/c1-12-14(9-10-18(25)23-11-5-8-17(23)20(26)27)13(2)24-19(21-12)15-6-3-4-7-16(15)22-24/h3-4,6-7,17H,5,8-11H2,1-2H3,(H,26,27)/t17-/m0/s1. The van der Waals surface area contributed by atoms with E-state index in [9.17, 15) is 14.7 Å². The molecule has 7 heteroatoms. The van der Waals surface area contributed by atoms with Gasteiger partial charge in [-0.25, -0.2) is 14.3 Å². The van der Waals surface area contributed by atoms with Crippen molar-refractivity contribution in [2.75, 3.05) is 6.54 Å². The Labute approximate surface area is 156 Å². The van der Waals surface area contributed by atoms with Crippen LogP contribution in [0, 0.1) is 13.8 Å². The van der Waals surface area contributed by atoms with E-state index in [1.807, 2.05) is 42.6 Å². The van der Waals surface area contributed by atoms with Crippen LogP contribution in [-0.4, -0.2) is 49.1 Å². The van der Waals surface area contributed by atoms with Gasteiger partial charge in [0.15, 0.2) is 5.65 Å². The normalized spacial score (nSPS) is 17.1. The number of carboxylic acid groups (broad SMARTS) is 1. The third-order valence-corrected chi connectivity index (χ3v) is 5.47. The highest BCUT2D eigenvalue weighted by Crippen LogP contribution is 2.24. The first-order chi connectivity index (χ1) is 13.0. The SMILES string of the molecule is Cc1nc2c3ccccc3nn2c(C)c1CCC(=O)N1CCC[C@H]1C(=O)O. The monoisotopic (exact) mass is 366 g/mol. The molecule has 2 aromatic heterocycles. The Morgan fingerprint density at radius 3 is 2.81 bits per heavy atom. The largest absolute Gasteiger partial charge is 0.480 e. The average molecular weight is 366 g/mol. The maximum absolute atomic E-state index is 12.6. The third-order valence-electron chi connectivity index (χ3n) is 5.47. The molecule has 3 heterocycles. The molecule has 1 aromatic carbocycles. The second-order valence-electron chi connectivity index (χ2n) is 7.10. The van der Waals surface area contributed by atoms with Crippen LogP contribution in [0.15, 0.2) is 24.3 Å². The van der Waals surface area contributed by atoms with Gasteiger partial charge in [0.2, 0.25) is 5.91 Å². The maximum atomic E-state index is 12.6. The molecule has 0 aliphatic carbocycles. The second kappa shape index (κ2) is 6.64. The fourth-order valence-electron chi connectivity index (χ4n) is 4.04. The first-order valence-corrected chi connectivity index (χ1v) is 9.23. The average Bonchev–Trinajstić information content (AvgIpc) is 3.27. The van der Waals surface area contributed by atoms with Crippen molar-refractivity contribution < 1.29 is 14.7 Å². The summed E-state index contributed by atoms with van der Waals surface area (Å²) in [5, 5.41) is 14.9. The predicted octanol–water partition coefficient (Wildman–Crippen LogP) is 2.51. The minimum atomic E-state index is -0.917. The molecule has 1 aliphatic heterocycles. The molecule has 1 fully saturated rings. The van der Waals surface area contributed by atoms with E-state index in [0.29, 0.717) is 19.4 Å². The highest BCUT2D eigenvalue weighted by molar-refractivity contribution is 5.92. The molecule has 7 nitrogen and oxygen atoms in total. The smallest absolute Gasteiger partial charge is 0.326 e. The maximum Gasteiger partial charge on any atom is 0.326 e. The Hall–Kier alpha value is -2.96. The molecule has 140 valence electrons. The number of amides is 1. The Balaban J connectivity index is 1.61. The number of fused-ring (bicyclic) bond motifs is 3. The first kappa shape index (κ1) is 17.5. The zero-order valence-electron chi connectivity index (χ0n) is 15.5. The summed E-state index contributed by atoms with van der Waals surface area (Å²) in [6.07, 6.45) is 2.08. The first-order valence-electron chi connectivity index (χ1n) is 9.23. The van der Waals surface area contributed by atoms with E-state index in [1.54, 1.807) is 0 Å². The van der Waals surface area contributed by atoms with Crippen molar-refractivity contribution in [3.63, 3.8) is 0 Å². The Morgan fingerprint density at radius 1 is 1.26 bits per heavy atom. The van der Waals surface area contributed by atoms with Gasteiger partial charge in [-0.1, -0.05) is 12.1 Å². The molecule has 0 radical (unpaired) electrons. The van der Waals surface area contributed by atoms with Crippen LogP contribution in [0.25, 0.3) is 16.6 Å². The van der Waals surface area contributed by atoms with Gasteiger partial charge in [0.25, 0.3) is 0 Å². The molecule has 1 saturated heterocycles. The summed E-state index contributed by atoms with van der Waals surface area (Å²) in [6, 6.07) is 7.20. The lowest BCUT2D eigenvalue weighted by Crippen LogP contribution is -2.40. The Kier molecular flexibility index (Phi) is 4.30. The topological polar surface area (TPSA) is 87.8 Å². The molecule has 3 aromatic rings. The molecule has 0 bridgehead atoms. The van der Waals surface area contributed by atoms with Gasteiger partial charge < -0.3 is 10.0 Å². The molecule has 0 saturated carbocycles. The van der Waals surface area contributed by atoms with Gasteiger partial charge in [0.05, 0.1) is 5.52 Å². The molecule has 1 N–H and O–H groups in total. The van der Waals surface area contributed by atoms with Crippen molar-refractivity contribution in [1.29, 1.82) is 0 Å². The van der Waals surface area contributed by atoms with Crippen molar-refractivity contribution in [3.05, 3.63) is 41.2 Å². The van der Waals surface area contributed by atoms with Crippen molar-refractivity contribution in [2.45, 2.75) is 45.6 Å². The van der Waals surface area contributed by atoms with E-state index >= 15 is 0 Å². The zero-order valence-corrected chi connectivity index (χ0v) is 15.5. The minimum Gasteiger partial charge on any atom is -0.480 e. The number of aliphatic carboxylic acids is 1. The van der Waals surface area contributed by atoms with Gasteiger partial charge in [-0.15, -0.1) is 0 Å². The molecular formula is C20H22N4O3. The molecule has 4 rings (SSSR count). The quantitative estimate of drug-likeness (QED) is 0.766. The molecule has 1 aliphatic rings. The van der Waals surface area contributed by atoms with Crippen molar-refractivity contribution in [3.8, 4) is 0 Å². The summed E-state index contributed by atoms with van der Waals surface area (Å²) < 4.78 is 1.84. The number of hydrogen-bond acceptors (Lipinski definition) is 4. The summed E-state index contributed by atoms with van der Waals surface area (Å²) >= 11 is 0. The molecule has 0 spiro atoms. The van der Waals surface area contributed by atoms with E-state index in [1.165, 1.54) is 4.90 Å². The van der Waals surface area contributed by atoms with Crippen LogP contribution in [0.5, 0.6) is 0 Å². The fraction of sp³-hybridized carbons (Fsp3) is 0.400. The fourth-order valence-corrected chi connectivity index (χ4v) is 4.04. The summed E-state index contributed by atoms with van der Waals surface area (Å²) in [5.74, 6) is -1.02. The van der Waals surface area contributed by atoms with Gasteiger partial charge in [0, 0.05) is 29.7 Å². The lowest BCUT2D eigenvalue weighted by molar-refractivity contribution is -0.148. The number of aromatic nitrogens is 3.